The molecule has 7 heteroatoms. The predicted molar refractivity (Wildman–Crippen MR) is 109 cm³/mol. The molecule has 7 nitrogen and oxygen atoms in total. The van der Waals surface area contributed by atoms with Crippen molar-refractivity contribution in [2.45, 2.75) is 33.6 Å². The van der Waals surface area contributed by atoms with E-state index < -0.39 is 0 Å². The number of pyridine rings is 1. The molecule has 0 saturated heterocycles. The van der Waals surface area contributed by atoms with Gasteiger partial charge in [-0.1, -0.05) is 0 Å². The summed E-state index contributed by atoms with van der Waals surface area (Å²) >= 11 is 0. The highest BCUT2D eigenvalue weighted by molar-refractivity contribution is 5.91. The van der Waals surface area contributed by atoms with E-state index in [-0.39, 0.29) is 12.3 Å². The van der Waals surface area contributed by atoms with Crippen LogP contribution in [0.15, 0.2) is 47.1 Å². The first kappa shape index (κ1) is 19.5. The number of aryl methyl sites for hydroxylation is 2. The molecule has 0 aliphatic heterocycles. The van der Waals surface area contributed by atoms with E-state index in [1.54, 1.807) is 18.5 Å². The van der Waals surface area contributed by atoms with Crippen LogP contribution in [-0.2, 0) is 11.2 Å². The number of anilines is 2. The van der Waals surface area contributed by atoms with E-state index in [0.29, 0.717) is 18.2 Å². The SMILES string of the molecule is CCN(CC)c1ccc(NC(=O)CCc2nnc(-c3cccnc3)o2)c(C)c1. The predicted octanol–water partition coefficient (Wildman–Crippen LogP) is 3.86. The lowest BCUT2D eigenvalue weighted by atomic mass is 10.1. The number of hydrogen-bond acceptors (Lipinski definition) is 6. The van der Waals surface area contributed by atoms with Gasteiger partial charge in [-0.25, -0.2) is 0 Å². The molecule has 0 unspecified atom stereocenters. The maximum Gasteiger partial charge on any atom is 0.249 e. The van der Waals surface area contributed by atoms with Crippen LogP contribution < -0.4 is 10.2 Å². The number of rotatable bonds is 8. The van der Waals surface area contributed by atoms with Crippen molar-refractivity contribution in [1.29, 1.82) is 0 Å². The molecule has 3 aromatic rings. The van der Waals surface area contributed by atoms with Gasteiger partial charge in [0.15, 0.2) is 0 Å². The van der Waals surface area contributed by atoms with E-state index in [1.807, 2.05) is 25.1 Å². The second-order valence-electron chi connectivity index (χ2n) is 6.46. The average molecular weight is 379 g/mol. The van der Waals surface area contributed by atoms with Gasteiger partial charge in [0, 0.05) is 49.7 Å². The third-order valence-electron chi connectivity index (χ3n) is 4.55. The fourth-order valence-electron chi connectivity index (χ4n) is 2.97. The fraction of sp³-hybridized carbons (Fsp3) is 0.333. The van der Waals surface area contributed by atoms with E-state index in [2.05, 4.69) is 45.3 Å². The van der Waals surface area contributed by atoms with E-state index in [4.69, 9.17) is 4.42 Å². The van der Waals surface area contributed by atoms with Gasteiger partial charge < -0.3 is 14.6 Å². The first-order valence-corrected chi connectivity index (χ1v) is 9.49. The molecule has 1 amide bonds. The molecule has 3 rings (SSSR count). The number of carbonyl (C=O) groups excluding carboxylic acids is 1. The zero-order valence-corrected chi connectivity index (χ0v) is 16.5. The van der Waals surface area contributed by atoms with Gasteiger partial charge in [0.05, 0.1) is 5.56 Å². The van der Waals surface area contributed by atoms with Crippen LogP contribution in [0.3, 0.4) is 0 Å². The van der Waals surface area contributed by atoms with Gasteiger partial charge in [0.1, 0.15) is 0 Å². The first-order chi connectivity index (χ1) is 13.6. The Labute approximate surface area is 164 Å². The summed E-state index contributed by atoms with van der Waals surface area (Å²) in [5.41, 5.74) is 3.78. The lowest BCUT2D eigenvalue weighted by Crippen LogP contribution is -2.22. The van der Waals surface area contributed by atoms with Crippen LogP contribution in [0.4, 0.5) is 11.4 Å². The summed E-state index contributed by atoms with van der Waals surface area (Å²) in [6, 6.07) is 9.74. The highest BCUT2D eigenvalue weighted by Crippen LogP contribution is 2.23. The molecule has 1 aromatic carbocycles. The average Bonchev–Trinajstić information content (AvgIpc) is 3.19. The second kappa shape index (κ2) is 9.12. The zero-order chi connectivity index (χ0) is 19.9. The van der Waals surface area contributed by atoms with Gasteiger partial charge in [0.2, 0.25) is 17.7 Å². The minimum absolute atomic E-state index is 0.0835. The molecule has 0 fully saturated rings. The van der Waals surface area contributed by atoms with Crippen molar-refractivity contribution in [2.24, 2.45) is 0 Å². The number of hydrogen-bond donors (Lipinski definition) is 1. The molecule has 28 heavy (non-hydrogen) atoms. The Kier molecular flexibility index (Phi) is 6.37. The largest absolute Gasteiger partial charge is 0.421 e. The molecular formula is C21H25N5O2. The van der Waals surface area contributed by atoms with Crippen molar-refractivity contribution in [3.05, 3.63) is 54.2 Å². The Morgan fingerprint density at radius 1 is 1.18 bits per heavy atom. The van der Waals surface area contributed by atoms with Crippen molar-refractivity contribution in [3.63, 3.8) is 0 Å². The van der Waals surface area contributed by atoms with Crippen molar-refractivity contribution < 1.29 is 9.21 Å². The third kappa shape index (κ3) is 4.73. The van der Waals surface area contributed by atoms with Crippen LogP contribution in [-0.4, -0.2) is 34.2 Å². The number of amides is 1. The zero-order valence-electron chi connectivity index (χ0n) is 16.5. The van der Waals surface area contributed by atoms with Gasteiger partial charge in [-0.2, -0.15) is 0 Å². The highest BCUT2D eigenvalue weighted by atomic mass is 16.4. The second-order valence-corrected chi connectivity index (χ2v) is 6.46. The smallest absolute Gasteiger partial charge is 0.249 e. The Hall–Kier alpha value is -3.22. The van der Waals surface area contributed by atoms with Gasteiger partial charge in [-0.3, -0.25) is 9.78 Å². The summed E-state index contributed by atoms with van der Waals surface area (Å²) in [4.78, 5) is 18.6. The highest BCUT2D eigenvalue weighted by Gasteiger charge is 2.12. The topological polar surface area (TPSA) is 84.2 Å². The van der Waals surface area contributed by atoms with Crippen molar-refractivity contribution >= 4 is 17.3 Å². The molecule has 146 valence electrons. The molecule has 0 radical (unpaired) electrons. The van der Waals surface area contributed by atoms with Crippen LogP contribution in [0.1, 0.15) is 31.7 Å². The molecule has 2 heterocycles. The third-order valence-corrected chi connectivity index (χ3v) is 4.55. The van der Waals surface area contributed by atoms with Crippen molar-refractivity contribution in [2.75, 3.05) is 23.3 Å². The number of nitrogens with one attached hydrogen (secondary N) is 1. The Morgan fingerprint density at radius 2 is 2.00 bits per heavy atom. The summed E-state index contributed by atoms with van der Waals surface area (Å²) in [7, 11) is 0. The minimum Gasteiger partial charge on any atom is -0.421 e. The fourth-order valence-corrected chi connectivity index (χ4v) is 2.97. The Morgan fingerprint density at radius 3 is 2.68 bits per heavy atom. The van der Waals surface area contributed by atoms with Crippen LogP contribution in [0.5, 0.6) is 0 Å². The summed E-state index contributed by atoms with van der Waals surface area (Å²) < 4.78 is 5.61. The summed E-state index contributed by atoms with van der Waals surface area (Å²) in [6.07, 6.45) is 4.00. The van der Waals surface area contributed by atoms with Gasteiger partial charge in [-0.15, -0.1) is 10.2 Å². The standard InChI is InChI=1S/C21H25N5O2/c1-4-26(5-2)17-8-9-18(15(3)13-17)23-19(27)10-11-20-24-25-21(28-20)16-7-6-12-22-14-16/h6-9,12-14H,4-5,10-11H2,1-3H3,(H,23,27). The molecular weight excluding hydrogens is 354 g/mol. The lowest BCUT2D eigenvalue weighted by Gasteiger charge is -2.22. The normalized spacial score (nSPS) is 10.7. The molecule has 0 saturated carbocycles. The maximum atomic E-state index is 12.3. The molecule has 0 spiro atoms. The van der Waals surface area contributed by atoms with Crippen LogP contribution in [0.25, 0.3) is 11.5 Å². The van der Waals surface area contributed by atoms with Gasteiger partial charge in [0.25, 0.3) is 0 Å². The Bertz CT molecular complexity index is 920. The quantitative estimate of drug-likeness (QED) is 0.640. The molecule has 0 aliphatic rings. The summed E-state index contributed by atoms with van der Waals surface area (Å²) in [6.45, 7) is 8.16. The molecule has 0 atom stereocenters. The lowest BCUT2D eigenvalue weighted by molar-refractivity contribution is -0.116. The van der Waals surface area contributed by atoms with E-state index in [0.717, 1.165) is 35.6 Å². The van der Waals surface area contributed by atoms with Crippen LogP contribution in [0, 0.1) is 6.92 Å². The number of aromatic nitrogens is 3. The molecule has 1 N–H and O–H groups in total. The van der Waals surface area contributed by atoms with E-state index in [1.165, 1.54) is 0 Å². The monoisotopic (exact) mass is 379 g/mol. The number of benzene rings is 1. The van der Waals surface area contributed by atoms with Crippen molar-refractivity contribution in [3.8, 4) is 11.5 Å². The van der Waals surface area contributed by atoms with E-state index in [9.17, 15) is 4.79 Å². The molecule has 2 aromatic heterocycles. The van der Waals surface area contributed by atoms with Crippen LogP contribution in [0.2, 0.25) is 0 Å². The maximum absolute atomic E-state index is 12.3. The Balaban J connectivity index is 1.57. The summed E-state index contributed by atoms with van der Waals surface area (Å²) in [5, 5.41) is 11.0. The van der Waals surface area contributed by atoms with Gasteiger partial charge in [-0.05, 0) is 56.7 Å². The number of nitrogens with zero attached hydrogens (tertiary/aromatic N) is 4. The van der Waals surface area contributed by atoms with Crippen LogP contribution >= 0.6 is 0 Å². The van der Waals surface area contributed by atoms with Gasteiger partial charge >= 0.3 is 0 Å². The molecule has 0 bridgehead atoms. The number of carbonyl (C=O) groups is 1. The summed E-state index contributed by atoms with van der Waals surface area (Å²) in [5.74, 6) is 0.758. The minimum atomic E-state index is -0.0835. The van der Waals surface area contributed by atoms with Crippen molar-refractivity contribution in [1.82, 2.24) is 15.2 Å². The first-order valence-electron chi connectivity index (χ1n) is 9.49. The van der Waals surface area contributed by atoms with E-state index >= 15 is 0 Å². The molecule has 0 aliphatic carbocycles.